The third kappa shape index (κ3) is 4.81. The van der Waals surface area contributed by atoms with Gasteiger partial charge in [-0.3, -0.25) is 10.1 Å². The molecule has 0 bridgehead atoms. The SMILES string of the molecule is COc1ccccc1CCNC(=S)Nc1cc([N+](=O)[O-])ccc1Cl. The van der Waals surface area contributed by atoms with Crippen LogP contribution >= 0.6 is 23.8 Å². The van der Waals surface area contributed by atoms with Gasteiger partial charge in [-0.2, -0.15) is 0 Å². The molecule has 2 aromatic rings. The molecule has 0 aliphatic heterocycles. The van der Waals surface area contributed by atoms with Crippen molar-refractivity contribution in [1.29, 1.82) is 0 Å². The van der Waals surface area contributed by atoms with Crippen molar-refractivity contribution in [3.8, 4) is 5.75 Å². The normalized spacial score (nSPS) is 10.1. The predicted molar refractivity (Wildman–Crippen MR) is 99.0 cm³/mol. The molecule has 0 amide bonds. The van der Waals surface area contributed by atoms with E-state index in [9.17, 15) is 10.1 Å². The van der Waals surface area contributed by atoms with E-state index < -0.39 is 4.92 Å². The van der Waals surface area contributed by atoms with Gasteiger partial charge < -0.3 is 15.4 Å². The molecule has 2 rings (SSSR count). The molecule has 0 heterocycles. The summed E-state index contributed by atoms with van der Waals surface area (Å²) in [5, 5.41) is 17.4. The van der Waals surface area contributed by atoms with Gasteiger partial charge in [0.15, 0.2) is 5.11 Å². The molecular weight excluding hydrogens is 350 g/mol. The van der Waals surface area contributed by atoms with Crippen LogP contribution < -0.4 is 15.4 Å². The predicted octanol–water partition coefficient (Wildman–Crippen LogP) is 3.79. The molecule has 0 saturated carbocycles. The van der Waals surface area contributed by atoms with Gasteiger partial charge >= 0.3 is 0 Å². The average molecular weight is 366 g/mol. The Morgan fingerprint density at radius 3 is 2.79 bits per heavy atom. The summed E-state index contributed by atoms with van der Waals surface area (Å²) >= 11 is 11.2. The number of thiocarbonyl (C=S) groups is 1. The molecule has 0 aliphatic carbocycles. The Labute approximate surface area is 149 Å². The first-order valence-corrected chi connectivity index (χ1v) is 7.90. The van der Waals surface area contributed by atoms with Crippen molar-refractivity contribution >= 4 is 40.3 Å². The summed E-state index contributed by atoms with van der Waals surface area (Å²) in [6.07, 6.45) is 0.717. The Hall–Kier alpha value is -2.38. The maximum Gasteiger partial charge on any atom is 0.271 e. The van der Waals surface area contributed by atoms with Gasteiger partial charge in [-0.25, -0.2) is 0 Å². The van der Waals surface area contributed by atoms with Crippen LogP contribution in [0.1, 0.15) is 5.56 Å². The van der Waals surface area contributed by atoms with E-state index in [2.05, 4.69) is 10.6 Å². The van der Waals surface area contributed by atoms with Crippen LogP contribution in [0.4, 0.5) is 11.4 Å². The number of nitrogens with zero attached hydrogens (tertiary/aromatic N) is 1. The molecule has 24 heavy (non-hydrogen) atoms. The minimum Gasteiger partial charge on any atom is -0.496 e. The highest BCUT2D eigenvalue weighted by atomic mass is 35.5. The maximum atomic E-state index is 10.8. The highest BCUT2D eigenvalue weighted by Gasteiger charge is 2.10. The van der Waals surface area contributed by atoms with Crippen LogP contribution in [0.2, 0.25) is 5.02 Å². The summed E-state index contributed by atoms with van der Waals surface area (Å²) in [5.74, 6) is 0.819. The first-order chi connectivity index (χ1) is 11.5. The molecule has 0 atom stereocenters. The fraction of sp³-hybridized carbons (Fsp3) is 0.188. The Balaban J connectivity index is 1.92. The number of halogens is 1. The van der Waals surface area contributed by atoms with Crippen molar-refractivity contribution < 1.29 is 9.66 Å². The molecule has 0 unspecified atom stereocenters. The molecule has 0 aliphatic rings. The van der Waals surface area contributed by atoms with Gasteiger partial charge in [-0.1, -0.05) is 29.8 Å². The summed E-state index contributed by atoms with van der Waals surface area (Å²) in [4.78, 5) is 10.3. The molecular formula is C16H16ClN3O3S. The fourth-order valence-corrected chi connectivity index (χ4v) is 2.49. The monoisotopic (exact) mass is 365 g/mol. The number of nitrogens with one attached hydrogen (secondary N) is 2. The van der Waals surface area contributed by atoms with Crippen LogP contribution in [0.5, 0.6) is 5.75 Å². The van der Waals surface area contributed by atoms with E-state index >= 15 is 0 Å². The minimum absolute atomic E-state index is 0.0567. The van der Waals surface area contributed by atoms with Crippen molar-refractivity contribution in [3.63, 3.8) is 0 Å². The molecule has 8 heteroatoms. The molecule has 2 aromatic carbocycles. The van der Waals surface area contributed by atoms with Crippen molar-refractivity contribution in [2.24, 2.45) is 0 Å². The van der Waals surface area contributed by atoms with E-state index in [4.69, 9.17) is 28.6 Å². The minimum atomic E-state index is -0.486. The second-order valence-electron chi connectivity index (χ2n) is 4.86. The number of methoxy groups -OCH3 is 1. The molecule has 0 fully saturated rings. The number of hydrogen-bond donors (Lipinski definition) is 2. The smallest absolute Gasteiger partial charge is 0.271 e. The van der Waals surface area contributed by atoms with Gasteiger partial charge in [0.25, 0.3) is 5.69 Å². The fourth-order valence-electron chi connectivity index (χ4n) is 2.11. The topological polar surface area (TPSA) is 76.4 Å². The van der Waals surface area contributed by atoms with E-state index in [0.717, 1.165) is 11.3 Å². The number of non-ortho nitro benzene ring substituents is 1. The zero-order chi connectivity index (χ0) is 17.5. The Morgan fingerprint density at radius 2 is 2.08 bits per heavy atom. The second kappa shape index (κ2) is 8.47. The molecule has 0 radical (unpaired) electrons. The van der Waals surface area contributed by atoms with Crippen LogP contribution in [-0.2, 0) is 6.42 Å². The van der Waals surface area contributed by atoms with Crippen LogP contribution in [0.3, 0.4) is 0 Å². The quantitative estimate of drug-likeness (QED) is 0.461. The summed E-state index contributed by atoms with van der Waals surface area (Å²) in [7, 11) is 1.63. The zero-order valence-electron chi connectivity index (χ0n) is 12.9. The van der Waals surface area contributed by atoms with Crippen LogP contribution in [0.25, 0.3) is 0 Å². The summed E-state index contributed by atoms with van der Waals surface area (Å²) in [6.45, 7) is 0.582. The summed E-state index contributed by atoms with van der Waals surface area (Å²) in [6, 6.07) is 11.9. The van der Waals surface area contributed by atoms with Crippen molar-refractivity contribution in [1.82, 2.24) is 5.32 Å². The first kappa shape index (κ1) is 18.0. The Bertz CT molecular complexity index is 755. The van der Waals surface area contributed by atoms with E-state index in [1.807, 2.05) is 24.3 Å². The van der Waals surface area contributed by atoms with Crippen LogP contribution in [0, 0.1) is 10.1 Å². The van der Waals surface area contributed by atoms with Gasteiger partial charge in [0.1, 0.15) is 5.75 Å². The lowest BCUT2D eigenvalue weighted by molar-refractivity contribution is -0.384. The molecule has 0 aromatic heterocycles. The number of benzene rings is 2. The van der Waals surface area contributed by atoms with E-state index in [1.165, 1.54) is 18.2 Å². The number of hydrogen-bond acceptors (Lipinski definition) is 4. The Kier molecular flexibility index (Phi) is 6.34. The van der Waals surface area contributed by atoms with Gasteiger partial charge in [-0.05, 0) is 36.3 Å². The lowest BCUT2D eigenvalue weighted by Crippen LogP contribution is -2.30. The van der Waals surface area contributed by atoms with Crippen molar-refractivity contribution in [2.75, 3.05) is 19.0 Å². The summed E-state index contributed by atoms with van der Waals surface area (Å²) in [5.41, 5.74) is 1.39. The van der Waals surface area contributed by atoms with Gasteiger partial charge in [0, 0.05) is 18.7 Å². The number of nitro benzene ring substituents is 1. The number of anilines is 1. The largest absolute Gasteiger partial charge is 0.496 e. The third-order valence-electron chi connectivity index (χ3n) is 3.28. The van der Waals surface area contributed by atoms with E-state index in [1.54, 1.807) is 7.11 Å². The second-order valence-corrected chi connectivity index (χ2v) is 5.68. The number of ether oxygens (including phenoxy) is 1. The standard InChI is InChI=1S/C16H16ClN3O3S/c1-23-15-5-3-2-4-11(15)8-9-18-16(24)19-14-10-12(20(21)22)6-7-13(14)17/h2-7,10H,8-9H2,1H3,(H2,18,19,24). The average Bonchev–Trinajstić information content (AvgIpc) is 2.57. The highest BCUT2D eigenvalue weighted by molar-refractivity contribution is 7.80. The lowest BCUT2D eigenvalue weighted by atomic mass is 10.1. The van der Waals surface area contributed by atoms with E-state index in [0.29, 0.717) is 28.8 Å². The van der Waals surface area contributed by atoms with Crippen molar-refractivity contribution in [3.05, 3.63) is 63.2 Å². The number of rotatable bonds is 6. The van der Waals surface area contributed by atoms with Crippen LogP contribution in [0.15, 0.2) is 42.5 Å². The molecule has 0 saturated heterocycles. The first-order valence-electron chi connectivity index (χ1n) is 7.12. The van der Waals surface area contributed by atoms with Crippen LogP contribution in [-0.4, -0.2) is 23.7 Å². The maximum absolute atomic E-state index is 10.8. The highest BCUT2D eigenvalue weighted by Crippen LogP contribution is 2.26. The van der Waals surface area contributed by atoms with Gasteiger partial charge in [-0.15, -0.1) is 0 Å². The lowest BCUT2D eigenvalue weighted by Gasteiger charge is -2.12. The Morgan fingerprint density at radius 1 is 1.33 bits per heavy atom. The molecule has 126 valence electrons. The van der Waals surface area contributed by atoms with E-state index in [-0.39, 0.29) is 5.69 Å². The molecule has 6 nitrogen and oxygen atoms in total. The zero-order valence-corrected chi connectivity index (χ0v) is 14.5. The number of para-hydroxylation sites is 1. The number of nitro groups is 1. The third-order valence-corrected chi connectivity index (χ3v) is 3.86. The molecule has 2 N–H and O–H groups in total. The molecule has 0 spiro atoms. The van der Waals surface area contributed by atoms with Crippen molar-refractivity contribution in [2.45, 2.75) is 6.42 Å². The van der Waals surface area contributed by atoms with Gasteiger partial charge in [0.05, 0.1) is 22.7 Å². The van der Waals surface area contributed by atoms with Gasteiger partial charge in [0.2, 0.25) is 0 Å². The summed E-state index contributed by atoms with van der Waals surface area (Å²) < 4.78 is 5.29.